The van der Waals surface area contributed by atoms with E-state index < -0.39 is 35.1 Å². The van der Waals surface area contributed by atoms with Crippen molar-refractivity contribution in [2.24, 2.45) is 0 Å². The van der Waals surface area contributed by atoms with Crippen LogP contribution >= 0.6 is 63.7 Å². The van der Waals surface area contributed by atoms with E-state index >= 15 is 0 Å². The second kappa shape index (κ2) is 34.6. The molecule has 4 aliphatic heterocycles. The zero-order valence-electron chi connectivity index (χ0n) is 60.1. The number of alkyl halides is 1. The van der Waals surface area contributed by atoms with Gasteiger partial charge < -0.3 is 71.7 Å². The highest BCUT2D eigenvalue weighted by molar-refractivity contribution is 9.11. The van der Waals surface area contributed by atoms with Crippen LogP contribution in [0.15, 0.2) is 87.3 Å². The highest BCUT2D eigenvalue weighted by Crippen LogP contribution is 2.38. The van der Waals surface area contributed by atoms with Gasteiger partial charge in [0, 0.05) is 43.8 Å². The maximum atomic E-state index is 12.4. The number of fused-ring (bicyclic) bond motifs is 4. The predicted molar refractivity (Wildman–Crippen MR) is 394 cm³/mol. The minimum absolute atomic E-state index is 0.0752. The van der Waals surface area contributed by atoms with E-state index in [1.807, 2.05) is 102 Å². The van der Waals surface area contributed by atoms with E-state index in [2.05, 4.69) is 102 Å². The van der Waals surface area contributed by atoms with Gasteiger partial charge in [0.1, 0.15) is 89.5 Å². The third-order valence-electron chi connectivity index (χ3n) is 15.9. The molecule has 12 heterocycles. The molecule has 0 saturated carbocycles. The molecule has 35 heteroatoms. The number of hydrogen-bond acceptors (Lipinski definition) is 23. The average molecular weight is 1690 g/mol. The number of amides is 3. The van der Waals surface area contributed by atoms with Crippen LogP contribution in [-0.4, -0.2) is 215 Å². The number of aromatic hydroxyl groups is 1. The molecule has 12 rings (SSSR count). The lowest BCUT2D eigenvalue weighted by molar-refractivity contribution is -0.0558. The molecule has 0 radical (unpaired) electrons. The molecule has 104 heavy (non-hydrogen) atoms. The molecule has 0 aromatic carbocycles. The van der Waals surface area contributed by atoms with Crippen molar-refractivity contribution < 1.29 is 71.4 Å². The summed E-state index contributed by atoms with van der Waals surface area (Å²) in [5.74, 6) is 1.90. The fourth-order valence-electron chi connectivity index (χ4n) is 10.3. The number of rotatable bonds is 9. The molecule has 554 valence electrons. The Morgan fingerprint density at radius 1 is 0.529 bits per heavy atom. The number of nitriles is 4. The molecule has 0 aliphatic carbocycles. The van der Waals surface area contributed by atoms with Crippen molar-refractivity contribution in [2.45, 2.75) is 136 Å². The minimum atomic E-state index is -0.691. The molecule has 4 saturated heterocycles. The maximum Gasteiger partial charge on any atom is 0.497 e. The number of carbonyl (C=O) groups is 3. The van der Waals surface area contributed by atoms with E-state index in [9.17, 15) is 24.8 Å². The summed E-state index contributed by atoms with van der Waals surface area (Å²) in [7, 11) is 0.894. The van der Waals surface area contributed by atoms with Gasteiger partial charge in [-0.15, -0.1) is 0 Å². The Morgan fingerprint density at radius 2 is 0.856 bits per heavy atom. The second-order valence-corrected chi connectivity index (χ2v) is 31.1. The fraction of sp³-hybridized carbons (Fsp3) is 0.493. The predicted octanol–water partition coefficient (Wildman–Crippen LogP) is 11.2. The van der Waals surface area contributed by atoms with Crippen LogP contribution in [0.4, 0.5) is 14.4 Å². The molecule has 8 aromatic rings. The third-order valence-corrected chi connectivity index (χ3v) is 18.4. The number of pyridine rings is 4. The summed E-state index contributed by atoms with van der Waals surface area (Å²) in [5.41, 5.74) is 2.70. The number of hydrogen-bond donors (Lipinski definition) is 1. The molecule has 0 unspecified atom stereocenters. The zero-order chi connectivity index (χ0) is 76.2. The minimum Gasteiger partial charge on any atom is -0.506 e. The summed E-state index contributed by atoms with van der Waals surface area (Å²) in [5, 5.41) is 62.7. The van der Waals surface area contributed by atoms with Crippen molar-refractivity contribution in [3.63, 3.8) is 0 Å². The van der Waals surface area contributed by atoms with Gasteiger partial charge in [0.05, 0.1) is 158 Å². The lowest BCUT2D eigenvalue weighted by Crippen LogP contribution is -2.49. The van der Waals surface area contributed by atoms with Crippen molar-refractivity contribution in [3.05, 3.63) is 110 Å². The van der Waals surface area contributed by atoms with Gasteiger partial charge in [-0.25, -0.2) is 32.4 Å². The number of halogens is 4. The monoisotopic (exact) mass is 1690 g/mol. The van der Waals surface area contributed by atoms with Crippen molar-refractivity contribution in [1.82, 2.24) is 53.2 Å². The molecule has 3 amide bonds. The van der Waals surface area contributed by atoms with Gasteiger partial charge in [-0.2, -0.15) is 41.4 Å². The first kappa shape index (κ1) is 81.2. The van der Waals surface area contributed by atoms with E-state index in [1.54, 1.807) is 66.1 Å². The van der Waals surface area contributed by atoms with Crippen LogP contribution < -0.4 is 19.7 Å². The smallest absolute Gasteiger partial charge is 0.497 e. The molecule has 30 nitrogen and oxygen atoms in total. The molecule has 4 aliphatic rings. The maximum absolute atomic E-state index is 12.4. The molecule has 0 bridgehead atoms. The lowest BCUT2D eigenvalue weighted by atomic mass is 9.78. The van der Waals surface area contributed by atoms with Crippen LogP contribution in [0.25, 0.3) is 22.1 Å². The number of aromatic nitrogens is 8. The van der Waals surface area contributed by atoms with Gasteiger partial charge in [-0.05, 0) is 162 Å². The van der Waals surface area contributed by atoms with E-state index in [4.69, 9.17) is 67.7 Å². The van der Waals surface area contributed by atoms with Crippen LogP contribution in [0.1, 0.15) is 112 Å². The molecule has 1 N–H and O–H groups in total. The van der Waals surface area contributed by atoms with E-state index in [-0.39, 0.29) is 55.6 Å². The first-order valence-corrected chi connectivity index (χ1v) is 36.3. The van der Waals surface area contributed by atoms with Gasteiger partial charge in [-0.3, -0.25) is 0 Å². The summed E-state index contributed by atoms with van der Waals surface area (Å²) >= 11 is 13.4. The van der Waals surface area contributed by atoms with Gasteiger partial charge in [0.2, 0.25) is 0 Å². The first-order chi connectivity index (χ1) is 49.0. The fourth-order valence-corrected chi connectivity index (χ4v) is 12.6. The summed E-state index contributed by atoms with van der Waals surface area (Å²) < 4.78 is 71.0. The normalized spacial score (nSPS) is 17.8. The summed E-state index contributed by atoms with van der Waals surface area (Å²) in [6.45, 7) is 29.4. The quantitative estimate of drug-likeness (QED) is 0.0797. The standard InChI is InChI=1S/C24H33BN4O6.C18H21BrN4O4.C10H18BrNO3.C9H6BrN3O.C8H4BrN3O/c1-22(2,3)33-21(30)28-8-9-31-18(13-28)15-32-17-10-19(20-16(11-26)12-27-29(20)14-17)25-34-23(4,5)24(6,7)35-25;1-18(2,3)27-17(24)22-4-5-25-14(9-22)11-26-13-6-15(19)16-12(7-20)8-21-23(16)10-13;1-10(2,3)15-9(13)12-4-5-14-8(6-11)7-12;1-14-7-2-8(10)9-6(3-11)4-12-13(9)5-7;9-7-1-6(13)4-12-8(7)5(2-10)3-11-12/h10,12,14,18H,8-9,13,15H2,1-7H3;6,8,10,14H,4-5,9,11H2,1-3H3;8H,4-7H2,1-3H3;2,4-5H,1H3;1,3-4,13H/t18-;14-;8-;;/m110../s1. The number of morpholine rings is 3. The Kier molecular flexibility index (Phi) is 27.0. The number of nitrogens with zero attached hydrogens (tertiary/aromatic N) is 15. The molecular formula is C69H82BBr4N15O15. The average Bonchev–Trinajstić information content (AvgIpc) is 1.60. The second-order valence-electron chi connectivity index (χ2n) is 27.9. The zero-order valence-corrected chi connectivity index (χ0v) is 66.4. The van der Waals surface area contributed by atoms with Crippen LogP contribution in [-0.2, 0) is 37.7 Å². The number of carbonyl (C=O) groups excluding carboxylic acids is 3. The van der Waals surface area contributed by atoms with Crippen molar-refractivity contribution in [2.75, 3.05) is 84.7 Å². The molecule has 0 spiro atoms. The van der Waals surface area contributed by atoms with Crippen LogP contribution in [0.3, 0.4) is 0 Å². The molecule has 4 fully saturated rings. The summed E-state index contributed by atoms with van der Waals surface area (Å²) in [6.07, 6.45) is 11.1. The van der Waals surface area contributed by atoms with Crippen molar-refractivity contribution in [1.29, 1.82) is 21.0 Å². The Labute approximate surface area is 636 Å². The highest BCUT2D eigenvalue weighted by Gasteiger charge is 2.53. The Hall–Kier alpha value is -8.49. The van der Waals surface area contributed by atoms with Crippen molar-refractivity contribution in [3.8, 4) is 47.3 Å². The van der Waals surface area contributed by atoms with Gasteiger partial charge in [-0.1, -0.05) is 15.9 Å². The SMILES string of the molecule is CC(C)(C)OC(=O)N1CCO[C@@H](CBr)C1.CC(C)(C)OC(=O)N1CCO[C@@H](COc2cc(B3OC(C)(C)C(C)(C)O3)c3c(C#N)cnn3c2)C1.CC(C)(C)OC(=O)N1CCO[C@@H](COc2cc(Br)c3c(C#N)cnn3c2)C1.COc1cc(Br)c2c(C#N)cnn2c1.N#Cc1cnn2cc(O)cc(Br)c12. The molecule has 3 atom stereocenters. The number of ether oxygens (including phenoxy) is 9. The lowest BCUT2D eigenvalue weighted by Gasteiger charge is -2.34. The highest BCUT2D eigenvalue weighted by atomic mass is 79.9. The number of methoxy groups -OCH3 is 1. The third kappa shape index (κ3) is 21.4. The van der Waals surface area contributed by atoms with Crippen LogP contribution in [0, 0.1) is 45.3 Å². The largest absolute Gasteiger partial charge is 0.506 e. The Balaban J connectivity index is 0.000000175. The van der Waals surface area contributed by atoms with E-state index in [0.29, 0.717) is 130 Å². The first-order valence-electron chi connectivity index (χ1n) is 32.8. The Morgan fingerprint density at radius 3 is 1.23 bits per heavy atom. The van der Waals surface area contributed by atoms with Gasteiger partial charge >= 0.3 is 25.4 Å². The topological polar surface area (TPSA) is 347 Å². The van der Waals surface area contributed by atoms with E-state index in [0.717, 1.165) is 15.3 Å². The summed E-state index contributed by atoms with van der Waals surface area (Å²) in [4.78, 5) is 41.3. The molecular weight excluding hydrogens is 1610 g/mol. The van der Waals surface area contributed by atoms with Crippen LogP contribution in [0.2, 0.25) is 0 Å². The van der Waals surface area contributed by atoms with Gasteiger partial charge in [0.15, 0.2) is 0 Å². The van der Waals surface area contributed by atoms with Crippen LogP contribution in [0.5, 0.6) is 23.0 Å². The Bertz CT molecular complexity index is 4540. The summed E-state index contributed by atoms with van der Waals surface area (Å²) in [6, 6.07) is 15.3. The van der Waals surface area contributed by atoms with Gasteiger partial charge in [0.25, 0.3) is 0 Å². The molecule has 8 aromatic heterocycles. The van der Waals surface area contributed by atoms with Crippen molar-refractivity contribution >= 4 is 117 Å². The van der Waals surface area contributed by atoms with E-state index in [1.165, 1.54) is 41.6 Å².